The maximum Gasteiger partial charge on any atom is 0 e. The molecule has 0 atom stereocenters. The number of rotatable bonds is 7. The van der Waals surface area contributed by atoms with Crippen LogP contribution >= 0.6 is 0 Å². The van der Waals surface area contributed by atoms with Gasteiger partial charge in [0.15, 0.2) is 0 Å². The normalized spacial score (nSPS) is 12.6. The monoisotopic (exact) mass is 1030 g/mol. The topological polar surface area (TPSA) is 33.5 Å². The molecule has 0 bridgehead atoms. The summed E-state index contributed by atoms with van der Waals surface area (Å²) in [5.41, 5.74) is 12.0. The number of nitrogens with zero attached hydrogens (tertiary/aromatic N) is 4. The van der Waals surface area contributed by atoms with Crippen LogP contribution in [-0.2, 0) is 26.5 Å². The third-order valence-electron chi connectivity index (χ3n) is 11.3. The number of anilines is 4. The van der Waals surface area contributed by atoms with Crippen LogP contribution in [0, 0.1) is 18.8 Å². The quantitative estimate of drug-likeness (QED) is 0.118. The standard InChI is InChI=1S/C54H39N4OSe.Pt/c1-54(2,3)46-34-51(55-53-45(46)30-31-60-53)58-47-25-11-10-22-43(47)44-29-28-40(33-50(44)58)59-39-21-14-20-38(32-39)56-35-57(49-27-13-12-26-48(49)56)52-41(36-16-6-4-7-17-36)23-15-24-42(52)37-18-8-5-9-19-37;/h4-31,34-35H,1-3H3;/q-3;. The summed E-state index contributed by atoms with van der Waals surface area (Å²) in [7, 11) is 0. The summed E-state index contributed by atoms with van der Waals surface area (Å²) in [6.45, 7) is 9.02. The molecule has 61 heavy (non-hydrogen) atoms. The summed E-state index contributed by atoms with van der Waals surface area (Å²) >= 11 is 0.197. The molecule has 4 heterocycles. The van der Waals surface area contributed by atoms with Crippen LogP contribution in [0.15, 0.2) is 175 Å². The largest absolute Gasteiger partial charge is 0 e. The molecule has 11 rings (SSSR count). The predicted molar refractivity (Wildman–Crippen MR) is 248 cm³/mol. The molecule has 0 radical (unpaired) electrons. The Balaban J connectivity index is 0.00000445. The molecule has 0 aliphatic carbocycles. The Bertz CT molecular complexity index is 3170. The maximum atomic E-state index is 6.67. The molecule has 0 unspecified atom stereocenters. The Morgan fingerprint density at radius 2 is 1.23 bits per heavy atom. The molecule has 0 fully saturated rings. The Morgan fingerprint density at radius 3 is 1.95 bits per heavy atom. The zero-order chi connectivity index (χ0) is 40.4. The van der Waals surface area contributed by atoms with Crippen molar-refractivity contribution in [2.24, 2.45) is 0 Å². The van der Waals surface area contributed by atoms with Gasteiger partial charge in [-0.25, -0.2) is 0 Å². The van der Waals surface area contributed by atoms with E-state index < -0.39 is 0 Å². The molecule has 300 valence electrons. The molecular formula is C54H39N4OPtSe-3. The van der Waals surface area contributed by atoms with Crippen molar-refractivity contribution in [2.45, 2.75) is 26.2 Å². The number of benzene rings is 7. The van der Waals surface area contributed by atoms with Gasteiger partial charge in [-0.1, -0.05) is 91.0 Å². The van der Waals surface area contributed by atoms with Gasteiger partial charge in [0.1, 0.15) is 0 Å². The number of hydrogen-bond donors (Lipinski definition) is 0. The van der Waals surface area contributed by atoms with Crippen LogP contribution in [0.2, 0.25) is 0 Å². The first-order chi connectivity index (χ1) is 29.4. The summed E-state index contributed by atoms with van der Waals surface area (Å²) in [5.74, 6) is 2.12. The van der Waals surface area contributed by atoms with Crippen LogP contribution in [0.4, 0.5) is 22.7 Å². The second kappa shape index (κ2) is 15.7. The van der Waals surface area contributed by atoms with E-state index in [4.69, 9.17) is 9.72 Å². The van der Waals surface area contributed by atoms with Crippen LogP contribution in [-0.4, -0.2) is 24.1 Å². The minimum absolute atomic E-state index is 0. The number of hydrogen-bond acceptors (Lipinski definition) is 4. The summed E-state index contributed by atoms with van der Waals surface area (Å²) in [6, 6.07) is 66.9. The van der Waals surface area contributed by atoms with Crippen molar-refractivity contribution in [3.63, 3.8) is 0 Å². The van der Waals surface area contributed by atoms with Crippen molar-refractivity contribution in [3.05, 3.63) is 199 Å². The zero-order valence-corrected chi connectivity index (χ0v) is 37.7. The zero-order valence-electron chi connectivity index (χ0n) is 33.7. The Hall–Kier alpha value is -6.16. The van der Waals surface area contributed by atoms with Crippen LogP contribution in [0.1, 0.15) is 26.3 Å². The molecule has 3 aromatic heterocycles. The smallest absolute Gasteiger partial charge is 0 e. The fourth-order valence-electron chi connectivity index (χ4n) is 8.58. The number of para-hydroxylation sites is 4. The average Bonchev–Trinajstić information content (AvgIpc) is 4.00. The Labute approximate surface area is 376 Å². The van der Waals surface area contributed by atoms with E-state index in [0.29, 0.717) is 11.5 Å². The van der Waals surface area contributed by atoms with Crippen LogP contribution in [0.5, 0.6) is 11.5 Å². The minimum Gasteiger partial charge on any atom is 0 e. The van der Waals surface area contributed by atoms with E-state index in [1.807, 2.05) is 18.2 Å². The van der Waals surface area contributed by atoms with Crippen molar-refractivity contribution in [1.29, 1.82) is 0 Å². The van der Waals surface area contributed by atoms with E-state index in [9.17, 15) is 0 Å². The van der Waals surface area contributed by atoms with Gasteiger partial charge in [0.2, 0.25) is 0 Å². The molecule has 0 saturated carbocycles. The number of aromatic nitrogens is 2. The molecule has 0 spiro atoms. The summed E-state index contributed by atoms with van der Waals surface area (Å²) < 4.78 is 10.1. The summed E-state index contributed by atoms with van der Waals surface area (Å²) in [5, 5.41) is 3.53. The van der Waals surface area contributed by atoms with Gasteiger partial charge in [-0.05, 0) is 23.3 Å². The minimum atomic E-state index is -0.0378. The van der Waals surface area contributed by atoms with Crippen molar-refractivity contribution < 1.29 is 25.8 Å². The van der Waals surface area contributed by atoms with E-state index in [1.54, 1.807) is 0 Å². The van der Waals surface area contributed by atoms with Crippen molar-refractivity contribution in [2.75, 3.05) is 9.80 Å². The molecule has 7 aromatic carbocycles. The molecule has 0 saturated heterocycles. The van der Waals surface area contributed by atoms with Gasteiger partial charge in [0, 0.05) is 49.3 Å². The van der Waals surface area contributed by atoms with Crippen LogP contribution < -0.4 is 14.5 Å². The second-order valence-electron chi connectivity index (χ2n) is 16.1. The Morgan fingerprint density at radius 1 is 0.590 bits per heavy atom. The summed E-state index contributed by atoms with van der Waals surface area (Å²) in [4.78, 5) is 12.1. The molecular weight excluding hydrogens is 995 g/mol. The van der Waals surface area contributed by atoms with Crippen molar-refractivity contribution in [3.8, 4) is 39.6 Å². The van der Waals surface area contributed by atoms with Gasteiger partial charge < -0.3 is 4.90 Å². The van der Waals surface area contributed by atoms with Gasteiger partial charge >= 0.3 is 204 Å². The summed E-state index contributed by atoms with van der Waals surface area (Å²) in [6.07, 6.45) is 0. The third kappa shape index (κ3) is 6.90. The van der Waals surface area contributed by atoms with Crippen molar-refractivity contribution >= 4 is 68.8 Å². The molecule has 7 heteroatoms. The molecule has 1 aliphatic rings. The number of pyridine rings is 1. The van der Waals surface area contributed by atoms with E-state index in [2.05, 4.69) is 211 Å². The third-order valence-corrected chi connectivity index (χ3v) is 13.0. The average molecular weight is 1030 g/mol. The first-order valence-electron chi connectivity index (χ1n) is 20.2. The predicted octanol–water partition coefficient (Wildman–Crippen LogP) is 13.8. The van der Waals surface area contributed by atoms with Gasteiger partial charge in [-0.2, -0.15) is 0 Å². The van der Waals surface area contributed by atoms with Crippen molar-refractivity contribution in [1.82, 2.24) is 9.55 Å². The molecule has 1 aliphatic heterocycles. The van der Waals surface area contributed by atoms with Gasteiger partial charge in [-0.15, -0.1) is 6.67 Å². The second-order valence-corrected chi connectivity index (χ2v) is 18.0. The Kier molecular flexibility index (Phi) is 10.0. The van der Waals surface area contributed by atoms with Gasteiger partial charge in [0.05, 0.1) is 0 Å². The SMILES string of the molecule is CC(C)(C)c1cc(-n2c3[c-]c(Oc4[c-]c(N5[CH-]N(c6c(-c7ccccc7)cccc6-c6ccccc6)c6ccccc65)ccc4)ccc3c3ccccc32)nc2[se]ccc12.[Pt]. The first kappa shape index (κ1) is 39.0. The fourth-order valence-corrected chi connectivity index (χ4v) is 10.2. The van der Waals surface area contributed by atoms with E-state index in [-0.39, 0.29) is 41.0 Å². The van der Waals surface area contributed by atoms with Crippen LogP contribution in [0.3, 0.4) is 0 Å². The number of ether oxygens (including phenoxy) is 1. The van der Waals surface area contributed by atoms with Gasteiger partial charge in [-0.3, -0.25) is 0 Å². The molecule has 5 nitrogen and oxygen atoms in total. The van der Waals surface area contributed by atoms with E-state index >= 15 is 0 Å². The maximum absolute atomic E-state index is 6.67. The fraction of sp³-hybridized carbons (Fsp3) is 0.0741. The molecule has 0 N–H and O–H groups in total. The van der Waals surface area contributed by atoms with Crippen LogP contribution in [0.25, 0.3) is 59.7 Å². The molecule has 10 aromatic rings. The van der Waals surface area contributed by atoms with Gasteiger partial charge in [0.25, 0.3) is 0 Å². The first-order valence-corrected chi connectivity index (χ1v) is 22.0. The van der Waals surface area contributed by atoms with E-state index in [0.717, 1.165) is 72.6 Å². The molecule has 0 amide bonds. The number of fused-ring (bicyclic) bond motifs is 5. The van der Waals surface area contributed by atoms with E-state index in [1.165, 1.54) is 15.3 Å².